The lowest BCUT2D eigenvalue weighted by atomic mass is 10.0. The summed E-state index contributed by atoms with van der Waals surface area (Å²) in [6.07, 6.45) is 2.28. The number of hydrogen-bond donors (Lipinski definition) is 1. The molecule has 0 aliphatic carbocycles. The van der Waals surface area contributed by atoms with Gasteiger partial charge in [0.15, 0.2) is 0 Å². The van der Waals surface area contributed by atoms with Crippen LogP contribution in [-0.2, 0) is 14.3 Å². The van der Waals surface area contributed by atoms with Crippen LogP contribution in [-0.4, -0.2) is 48.0 Å². The van der Waals surface area contributed by atoms with Gasteiger partial charge in [0.2, 0.25) is 0 Å². The number of nitrogens with one attached hydrogen (secondary N) is 1. The molecule has 0 spiro atoms. The second kappa shape index (κ2) is 9.56. The summed E-state index contributed by atoms with van der Waals surface area (Å²) in [5, 5.41) is 3.09. The highest BCUT2D eigenvalue weighted by Gasteiger charge is 2.25. The summed E-state index contributed by atoms with van der Waals surface area (Å²) >= 11 is 3.51. The number of rotatable bonds is 6. The standard InChI is InChI=1S/C21H21BrN4O3/c1-13(27)12-24-21-18(8-9-19(28)29-2)25-20(17-5-3-4-10-23-17)15-11-14(22)6-7-16(15)26-21/h3-7,10-11,18H,8-9,12H2,1-2H3,(H,24,26). The molecule has 7 nitrogen and oxygen atoms in total. The predicted octanol–water partition coefficient (Wildman–Crippen LogP) is 3.23. The maximum Gasteiger partial charge on any atom is 0.305 e. The molecule has 1 aliphatic heterocycles. The Morgan fingerprint density at radius 3 is 2.76 bits per heavy atom. The maximum absolute atomic E-state index is 11.7. The second-order valence-electron chi connectivity index (χ2n) is 6.54. The topological polar surface area (TPSA) is 93.0 Å². The third-order valence-corrected chi connectivity index (χ3v) is 4.82. The van der Waals surface area contributed by atoms with Gasteiger partial charge in [-0.05, 0) is 43.7 Å². The van der Waals surface area contributed by atoms with Crippen LogP contribution in [0.15, 0.2) is 57.1 Å². The predicted molar refractivity (Wildman–Crippen MR) is 115 cm³/mol. The molecule has 1 aliphatic rings. The fourth-order valence-corrected chi connectivity index (χ4v) is 3.28. The number of Topliss-reactive ketones (excluding diaryl/α,β-unsaturated/α-hetero) is 1. The Hall–Kier alpha value is -2.87. The van der Waals surface area contributed by atoms with Gasteiger partial charge in [-0.25, -0.2) is 4.99 Å². The van der Waals surface area contributed by atoms with E-state index in [1.165, 1.54) is 14.0 Å². The molecule has 3 rings (SSSR count). The van der Waals surface area contributed by atoms with Crippen molar-refractivity contribution in [2.45, 2.75) is 25.8 Å². The van der Waals surface area contributed by atoms with Crippen molar-refractivity contribution in [3.63, 3.8) is 0 Å². The Kier molecular flexibility index (Phi) is 6.87. The van der Waals surface area contributed by atoms with Crippen molar-refractivity contribution in [2.75, 3.05) is 13.7 Å². The number of esters is 1. The molecule has 1 atom stereocenters. The van der Waals surface area contributed by atoms with Crippen LogP contribution < -0.4 is 5.32 Å². The Balaban J connectivity index is 2.10. The number of aromatic nitrogens is 1. The smallest absolute Gasteiger partial charge is 0.305 e. The SMILES string of the molecule is COC(=O)CCC1N=C(c2ccccn2)c2cc(Br)ccc2N=C1NCC(C)=O. The number of pyridine rings is 1. The summed E-state index contributed by atoms with van der Waals surface area (Å²) in [4.78, 5) is 37.4. The second-order valence-corrected chi connectivity index (χ2v) is 7.45. The molecule has 1 unspecified atom stereocenters. The van der Waals surface area contributed by atoms with E-state index in [1.807, 2.05) is 36.4 Å². The minimum Gasteiger partial charge on any atom is -0.469 e. The highest BCUT2D eigenvalue weighted by molar-refractivity contribution is 9.10. The van der Waals surface area contributed by atoms with Gasteiger partial charge in [0.05, 0.1) is 30.7 Å². The van der Waals surface area contributed by atoms with Gasteiger partial charge >= 0.3 is 5.97 Å². The van der Waals surface area contributed by atoms with Gasteiger partial charge in [-0.15, -0.1) is 0 Å². The van der Waals surface area contributed by atoms with Gasteiger partial charge in [0, 0.05) is 22.7 Å². The average molecular weight is 457 g/mol. The average Bonchev–Trinajstić information content (AvgIpc) is 2.87. The first-order chi connectivity index (χ1) is 14.0. The van der Waals surface area contributed by atoms with Crippen molar-refractivity contribution in [3.05, 3.63) is 58.3 Å². The van der Waals surface area contributed by atoms with Gasteiger partial charge in [0.1, 0.15) is 17.7 Å². The number of fused-ring (bicyclic) bond motifs is 1. The lowest BCUT2D eigenvalue weighted by Gasteiger charge is -2.16. The Bertz CT molecular complexity index is 973. The van der Waals surface area contributed by atoms with Crippen LogP contribution in [0.5, 0.6) is 0 Å². The van der Waals surface area contributed by atoms with E-state index in [2.05, 4.69) is 26.2 Å². The summed E-state index contributed by atoms with van der Waals surface area (Å²) < 4.78 is 5.66. The number of carbonyl (C=O) groups excluding carboxylic acids is 2. The molecule has 2 aromatic rings. The zero-order chi connectivity index (χ0) is 20.8. The van der Waals surface area contributed by atoms with Gasteiger partial charge in [-0.3, -0.25) is 19.6 Å². The first-order valence-corrected chi connectivity index (χ1v) is 9.95. The summed E-state index contributed by atoms with van der Waals surface area (Å²) in [6, 6.07) is 10.9. The molecule has 0 fully saturated rings. The molecule has 0 saturated heterocycles. The first kappa shape index (κ1) is 20.9. The van der Waals surface area contributed by atoms with Crippen molar-refractivity contribution in [1.82, 2.24) is 10.3 Å². The van der Waals surface area contributed by atoms with Crippen molar-refractivity contribution in [3.8, 4) is 0 Å². The number of ketones is 1. The Labute approximate surface area is 177 Å². The van der Waals surface area contributed by atoms with Gasteiger partial charge < -0.3 is 10.1 Å². The van der Waals surface area contributed by atoms with E-state index in [-0.39, 0.29) is 24.7 Å². The van der Waals surface area contributed by atoms with E-state index in [4.69, 9.17) is 14.7 Å². The molecule has 29 heavy (non-hydrogen) atoms. The van der Waals surface area contributed by atoms with Crippen LogP contribution in [0.2, 0.25) is 0 Å². The van der Waals surface area contributed by atoms with Crippen molar-refractivity contribution >= 4 is 44.9 Å². The van der Waals surface area contributed by atoms with Crippen molar-refractivity contribution in [1.29, 1.82) is 0 Å². The van der Waals surface area contributed by atoms with Crippen LogP contribution in [0.4, 0.5) is 5.69 Å². The van der Waals surface area contributed by atoms with Gasteiger partial charge in [0.25, 0.3) is 0 Å². The van der Waals surface area contributed by atoms with Crippen LogP contribution in [0.25, 0.3) is 0 Å². The molecule has 150 valence electrons. The summed E-state index contributed by atoms with van der Waals surface area (Å²) in [5.41, 5.74) is 2.92. The van der Waals surface area contributed by atoms with Crippen LogP contribution in [0.3, 0.4) is 0 Å². The van der Waals surface area contributed by atoms with E-state index >= 15 is 0 Å². The number of nitrogens with zero attached hydrogens (tertiary/aromatic N) is 3. The molecule has 0 saturated carbocycles. The molecule has 0 amide bonds. The lowest BCUT2D eigenvalue weighted by molar-refractivity contribution is -0.140. The number of halogens is 1. The summed E-state index contributed by atoms with van der Waals surface area (Å²) in [7, 11) is 1.36. The van der Waals surface area contributed by atoms with E-state index < -0.39 is 6.04 Å². The molecule has 1 N–H and O–H groups in total. The maximum atomic E-state index is 11.7. The minimum absolute atomic E-state index is 0.0198. The van der Waals surface area contributed by atoms with Crippen LogP contribution in [0, 0.1) is 0 Å². The quantitative estimate of drug-likeness (QED) is 0.673. The van der Waals surface area contributed by atoms with Crippen molar-refractivity contribution < 1.29 is 14.3 Å². The molecule has 0 radical (unpaired) electrons. The Morgan fingerprint density at radius 2 is 2.07 bits per heavy atom. The van der Waals surface area contributed by atoms with Crippen LogP contribution in [0.1, 0.15) is 31.0 Å². The molecule has 1 aromatic carbocycles. The highest BCUT2D eigenvalue weighted by atomic mass is 79.9. The Morgan fingerprint density at radius 1 is 1.24 bits per heavy atom. The zero-order valence-corrected chi connectivity index (χ0v) is 17.8. The van der Waals surface area contributed by atoms with Crippen LogP contribution >= 0.6 is 15.9 Å². The van der Waals surface area contributed by atoms with E-state index in [0.717, 1.165) is 10.0 Å². The zero-order valence-electron chi connectivity index (χ0n) is 16.2. The summed E-state index contributed by atoms with van der Waals surface area (Å²) in [6.45, 7) is 1.63. The number of carbonyl (C=O) groups is 2. The first-order valence-electron chi connectivity index (χ1n) is 9.15. The number of benzene rings is 1. The molecule has 2 heterocycles. The third-order valence-electron chi connectivity index (χ3n) is 4.33. The largest absolute Gasteiger partial charge is 0.469 e. The number of methoxy groups -OCH3 is 1. The number of ether oxygens (including phenoxy) is 1. The molecular formula is C21H21BrN4O3. The number of amidine groups is 1. The monoisotopic (exact) mass is 456 g/mol. The van der Waals surface area contributed by atoms with Gasteiger partial charge in [-0.2, -0.15) is 0 Å². The van der Waals surface area contributed by atoms with Gasteiger partial charge in [-0.1, -0.05) is 22.0 Å². The molecule has 1 aromatic heterocycles. The molecule has 8 heteroatoms. The fourth-order valence-electron chi connectivity index (χ4n) is 2.92. The van der Waals surface area contributed by atoms with Crippen molar-refractivity contribution in [2.24, 2.45) is 9.98 Å². The van der Waals surface area contributed by atoms with E-state index in [9.17, 15) is 9.59 Å². The van der Waals surface area contributed by atoms with E-state index in [0.29, 0.717) is 29.3 Å². The molecule has 0 bridgehead atoms. The number of aliphatic imine (C=N–C) groups is 2. The normalized spacial score (nSPS) is 15.5. The highest BCUT2D eigenvalue weighted by Crippen LogP contribution is 2.30. The van der Waals surface area contributed by atoms with E-state index in [1.54, 1.807) is 6.20 Å². The summed E-state index contributed by atoms with van der Waals surface area (Å²) in [5.74, 6) is 0.197. The fraction of sp³-hybridized carbons (Fsp3) is 0.286. The number of hydrogen-bond acceptors (Lipinski definition) is 7. The minimum atomic E-state index is -0.448. The molecular weight excluding hydrogens is 436 g/mol. The third kappa shape index (κ3) is 5.35. The lowest BCUT2D eigenvalue weighted by Crippen LogP contribution is -2.37.